The number of aryl methyl sites for hydroxylation is 1. The van der Waals surface area contributed by atoms with Gasteiger partial charge in [-0.15, -0.1) is 0 Å². The lowest BCUT2D eigenvalue weighted by molar-refractivity contribution is 0.117. The second-order valence-electron chi connectivity index (χ2n) is 4.39. The Balaban J connectivity index is 2.24. The summed E-state index contributed by atoms with van der Waals surface area (Å²) in [5, 5.41) is 8.88. The van der Waals surface area contributed by atoms with Crippen LogP contribution in [-0.4, -0.2) is 37.5 Å². The lowest BCUT2D eigenvalue weighted by Crippen LogP contribution is -2.51. The molecule has 1 heterocycles. The maximum atomic E-state index is 12.1. The molecule has 0 aliphatic carbocycles. The SMILES string of the molecule is Cc1cc(S(=O)(=O)N2CC(CO)C2)ccc1N. The van der Waals surface area contributed by atoms with Crippen LogP contribution in [0.4, 0.5) is 5.69 Å². The summed E-state index contributed by atoms with van der Waals surface area (Å²) in [5.41, 5.74) is 7.00. The van der Waals surface area contributed by atoms with E-state index < -0.39 is 10.0 Å². The zero-order chi connectivity index (χ0) is 12.6. The molecule has 1 aromatic rings. The van der Waals surface area contributed by atoms with Gasteiger partial charge in [-0.25, -0.2) is 8.42 Å². The third-order valence-electron chi connectivity index (χ3n) is 3.06. The van der Waals surface area contributed by atoms with Crippen molar-refractivity contribution in [2.45, 2.75) is 11.8 Å². The fourth-order valence-corrected chi connectivity index (χ4v) is 3.47. The van der Waals surface area contributed by atoms with E-state index in [2.05, 4.69) is 0 Å². The number of aliphatic hydroxyl groups excluding tert-OH is 1. The first-order valence-electron chi connectivity index (χ1n) is 5.42. The summed E-state index contributed by atoms with van der Waals surface area (Å²) in [6.45, 7) is 2.60. The lowest BCUT2D eigenvalue weighted by atomic mass is 10.1. The standard InChI is InChI=1S/C11H16N2O3S/c1-8-4-10(2-3-11(8)12)17(15,16)13-5-9(6-13)7-14/h2-4,9,14H,5-7,12H2,1H3. The Kier molecular flexibility index (Phi) is 3.11. The molecule has 1 fully saturated rings. The van der Waals surface area contributed by atoms with E-state index in [0.29, 0.717) is 18.8 Å². The maximum absolute atomic E-state index is 12.1. The normalized spacial score (nSPS) is 18.0. The van der Waals surface area contributed by atoms with Crippen molar-refractivity contribution in [3.63, 3.8) is 0 Å². The van der Waals surface area contributed by atoms with E-state index in [1.165, 1.54) is 10.4 Å². The number of hydrogen-bond acceptors (Lipinski definition) is 4. The quantitative estimate of drug-likeness (QED) is 0.756. The molecule has 1 aliphatic rings. The van der Waals surface area contributed by atoms with Crippen molar-refractivity contribution < 1.29 is 13.5 Å². The predicted octanol–water partition coefficient (Wildman–Crippen LogP) is 0.190. The Morgan fingerprint density at radius 3 is 2.65 bits per heavy atom. The average Bonchev–Trinajstić information content (AvgIpc) is 2.20. The molecule has 1 aromatic carbocycles. The van der Waals surface area contributed by atoms with Crippen LogP contribution in [0.2, 0.25) is 0 Å². The molecule has 0 unspecified atom stereocenters. The number of aliphatic hydroxyl groups is 1. The van der Waals surface area contributed by atoms with Gasteiger partial charge in [-0.2, -0.15) is 4.31 Å². The van der Waals surface area contributed by atoms with Crippen LogP contribution in [0.15, 0.2) is 23.1 Å². The number of hydrogen-bond donors (Lipinski definition) is 2. The van der Waals surface area contributed by atoms with Crippen LogP contribution in [0.3, 0.4) is 0 Å². The van der Waals surface area contributed by atoms with Crippen LogP contribution in [-0.2, 0) is 10.0 Å². The number of nitrogens with two attached hydrogens (primary N) is 1. The lowest BCUT2D eigenvalue weighted by Gasteiger charge is -2.36. The molecule has 2 rings (SSSR count). The van der Waals surface area contributed by atoms with Gasteiger partial charge in [0, 0.05) is 31.3 Å². The van der Waals surface area contributed by atoms with Crippen LogP contribution < -0.4 is 5.73 Å². The molecule has 0 atom stereocenters. The first kappa shape index (κ1) is 12.3. The summed E-state index contributed by atoms with van der Waals surface area (Å²) in [6.07, 6.45) is 0. The molecule has 6 heteroatoms. The summed E-state index contributed by atoms with van der Waals surface area (Å²) in [5.74, 6) is 0.0691. The molecule has 0 bridgehead atoms. The first-order chi connectivity index (χ1) is 7.95. The third kappa shape index (κ3) is 2.15. The fraction of sp³-hybridized carbons (Fsp3) is 0.455. The molecule has 17 heavy (non-hydrogen) atoms. The minimum absolute atomic E-state index is 0.0345. The van der Waals surface area contributed by atoms with Crippen molar-refractivity contribution in [1.82, 2.24) is 4.31 Å². The molecular weight excluding hydrogens is 240 g/mol. The van der Waals surface area contributed by atoms with Crippen molar-refractivity contribution in [1.29, 1.82) is 0 Å². The Morgan fingerprint density at radius 2 is 2.12 bits per heavy atom. The van der Waals surface area contributed by atoms with Crippen molar-refractivity contribution in [2.24, 2.45) is 5.92 Å². The summed E-state index contributed by atoms with van der Waals surface area (Å²) in [7, 11) is -3.42. The first-order valence-corrected chi connectivity index (χ1v) is 6.86. The van der Waals surface area contributed by atoms with Crippen LogP contribution in [0.5, 0.6) is 0 Å². The smallest absolute Gasteiger partial charge is 0.243 e. The van der Waals surface area contributed by atoms with Gasteiger partial charge in [0.05, 0.1) is 4.90 Å². The Labute approximate surface area is 101 Å². The largest absolute Gasteiger partial charge is 0.399 e. The Morgan fingerprint density at radius 1 is 1.47 bits per heavy atom. The van der Waals surface area contributed by atoms with E-state index in [4.69, 9.17) is 10.8 Å². The van der Waals surface area contributed by atoms with Gasteiger partial charge in [0.25, 0.3) is 0 Å². The molecule has 5 nitrogen and oxygen atoms in total. The van der Waals surface area contributed by atoms with E-state index in [1.807, 2.05) is 0 Å². The topological polar surface area (TPSA) is 83.6 Å². The molecule has 0 radical (unpaired) electrons. The number of sulfonamides is 1. The maximum Gasteiger partial charge on any atom is 0.243 e. The molecular formula is C11H16N2O3S. The summed E-state index contributed by atoms with van der Waals surface area (Å²) >= 11 is 0. The molecule has 1 aliphatic heterocycles. The molecule has 0 amide bonds. The van der Waals surface area contributed by atoms with E-state index in [9.17, 15) is 8.42 Å². The number of rotatable bonds is 3. The van der Waals surface area contributed by atoms with Crippen LogP contribution >= 0.6 is 0 Å². The number of anilines is 1. The van der Waals surface area contributed by atoms with Crippen LogP contribution in [0, 0.1) is 12.8 Å². The average molecular weight is 256 g/mol. The van der Waals surface area contributed by atoms with E-state index in [-0.39, 0.29) is 17.4 Å². The van der Waals surface area contributed by atoms with Gasteiger partial charge in [0.1, 0.15) is 0 Å². The Bertz CT molecular complexity index is 522. The molecule has 94 valence electrons. The highest BCUT2D eigenvalue weighted by Gasteiger charge is 2.36. The van der Waals surface area contributed by atoms with Gasteiger partial charge < -0.3 is 10.8 Å². The number of nitrogen functional groups attached to an aromatic ring is 1. The molecule has 1 saturated heterocycles. The summed E-state index contributed by atoms with van der Waals surface area (Å²) < 4.78 is 25.7. The second kappa shape index (κ2) is 4.29. The van der Waals surface area contributed by atoms with E-state index >= 15 is 0 Å². The van der Waals surface area contributed by atoms with E-state index in [0.717, 1.165) is 5.56 Å². The van der Waals surface area contributed by atoms with Gasteiger partial charge in [-0.1, -0.05) is 0 Å². The highest BCUT2D eigenvalue weighted by molar-refractivity contribution is 7.89. The van der Waals surface area contributed by atoms with Gasteiger partial charge in [-0.3, -0.25) is 0 Å². The van der Waals surface area contributed by atoms with Gasteiger partial charge >= 0.3 is 0 Å². The molecule has 0 saturated carbocycles. The Hall–Kier alpha value is -1.11. The van der Waals surface area contributed by atoms with Gasteiger partial charge in [0.2, 0.25) is 10.0 Å². The summed E-state index contributed by atoms with van der Waals surface area (Å²) in [4.78, 5) is 0.264. The minimum atomic E-state index is -3.42. The predicted molar refractivity (Wildman–Crippen MR) is 64.9 cm³/mol. The van der Waals surface area contributed by atoms with E-state index in [1.54, 1.807) is 19.1 Å². The minimum Gasteiger partial charge on any atom is -0.399 e. The van der Waals surface area contributed by atoms with Crippen LogP contribution in [0.25, 0.3) is 0 Å². The number of benzene rings is 1. The number of nitrogens with zero attached hydrogens (tertiary/aromatic N) is 1. The fourth-order valence-electron chi connectivity index (χ4n) is 1.79. The van der Waals surface area contributed by atoms with Crippen molar-refractivity contribution in [3.8, 4) is 0 Å². The van der Waals surface area contributed by atoms with Crippen molar-refractivity contribution >= 4 is 15.7 Å². The third-order valence-corrected chi connectivity index (χ3v) is 4.89. The summed E-state index contributed by atoms with van der Waals surface area (Å²) in [6, 6.07) is 4.70. The zero-order valence-corrected chi connectivity index (χ0v) is 10.4. The molecule has 0 aromatic heterocycles. The molecule has 3 N–H and O–H groups in total. The molecule has 0 spiro atoms. The van der Waals surface area contributed by atoms with Crippen molar-refractivity contribution in [3.05, 3.63) is 23.8 Å². The zero-order valence-electron chi connectivity index (χ0n) is 9.63. The monoisotopic (exact) mass is 256 g/mol. The van der Waals surface area contributed by atoms with Gasteiger partial charge in [0.15, 0.2) is 0 Å². The highest BCUT2D eigenvalue weighted by Crippen LogP contribution is 2.26. The second-order valence-corrected chi connectivity index (χ2v) is 6.33. The van der Waals surface area contributed by atoms with Crippen LogP contribution in [0.1, 0.15) is 5.56 Å². The van der Waals surface area contributed by atoms with Crippen molar-refractivity contribution in [2.75, 3.05) is 25.4 Å². The van der Waals surface area contributed by atoms with Gasteiger partial charge in [-0.05, 0) is 30.7 Å². The highest BCUT2D eigenvalue weighted by atomic mass is 32.2.